The molecule has 5 heteroatoms. The first-order valence-corrected chi connectivity index (χ1v) is 15.2. The van der Waals surface area contributed by atoms with Gasteiger partial charge in [0.1, 0.15) is 0 Å². The Morgan fingerprint density at radius 2 is 0.806 bits per heavy atom. The Morgan fingerprint density at radius 3 is 1.00 bits per heavy atom. The van der Waals surface area contributed by atoms with Gasteiger partial charge < -0.3 is 0 Å². The van der Waals surface area contributed by atoms with Crippen LogP contribution >= 0.6 is 20.4 Å². The zero-order valence-corrected chi connectivity index (χ0v) is 23.6. The van der Waals surface area contributed by atoms with Gasteiger partial charge in [-0.3, -0.25) is 9.98 Å². The third kappa shape index (κ3) is 9.29. The van der Waals surface area contributed by atoms with Crippen LogP contribution in [0.3, 0.4) is 0 Å². The van der Waals surface area contributed by atoms with Gasteiger partial charge in [-0.2, -0.15) is 0 Å². The van der Waals surface area contributed by atoms with Crippen LogP contribution in [0.1, 0.15) is 93.9 Å². The van der Waals surface area contributed by atoms with Gasteiger partial charge in [-0.05, 0) is 73.0 Å². The third-order valence-corrected chi connectivity index (χ3v) is 7.91. The fourth-order valence-electron chi connectivity index (χ4n) is 6.13. The van der Waals surface area contributed by atoms with Crippen LogP contribution < -0.4 is 0 Å². The van der Waals surface area contributed by atoms with Gasteiger partial charge in [0, 0.05) is 12.4 Å². The molecular weight excluding hydrogens is 470 g/mol. The quantitative estimate of drug-likeness (QED) is 0.238. The molecule has 0 aliphatic heterocycles. The maximum absolute atomic E-state index is 5.14. The van der Waals surface area contributed by atoms with Crippen molar-refractivity contribution in [2.24, 2.45) is 57.3 Å². The summed E-state index contributed by atoms with van der Waals surface area (Å²) in [7, 11) is 9.40. The third-order valence-electron chi connectivity index (χ3n) is 7.91. The van der Waals surface area contributed by atoms with Crippen molar-refractivity contribution in [3.63, 3.8) is 0 Å². The van der Waals surface area contributed by atoms with E-state index in [1.807, 2.05) is 0 Å². The molecule has 2 aliphatic rings. The van der Waals surface area contributed by atoms with Crippen molar-refractivity contribution >= 4 is 32.8 Å². The van der Waals surface area contributed by atoms with E-state index in [1.54, 1.807) is 0 Å². The van der Waals surface area contributed by atoms with E-state index in [1.165, 1.54) is 38.5 Å². The number of hydrogen-bond donors (Lipinski definition) is 0. The first-order valence-electron chi connectivity index (χ1n) is 12.5. The molecule has 0 spiro atoms. The Balaban J connectivity index is 0.00000151. The molecule has 0 heterocycles. The van der Waals surface area contributed by atoms with Crippen LogP contribution in [0.25, 0.3) is 0 Å². The first kappa shape index (κ1) is 29.4. The monoisotopic (exact) mass is 516 g/mol. The van der Waals surface area contributed by atoms with Crippen molar-refractivity contribution in [3.8, 4) is 0 Å². The standard InChI is InChI=1S/C26H48N2.2ClH.Ni/c1-17(2)21-11-9-12-22(18(3)4)25(21)27-15-16-28-26-23(19(5)6)13-10-14-24(26)20(7)8;;;/h15-26H,9-14H2,1-8H3;2*1H;/q;;;+2/p-2. The molecule has 0 radical (unpaired) electrons. The second kappa shape index (κ2) is 15.3. The van der Waals surface area contributed by atoms with Gasteiger partial charge in [-0.15, -0.1) is 0 Å². The zero-order valence-electron chi connectivity index (χ0n) is 21.1. The van der Waals surface area contributed by atoms with E-state index in [0.717, 1.165) is 47.3 Å². The van der Waals surface area contributed by atoms with E-state index in [9.17, 15) is 0 Å². The Labute approximate surface area is 208 Å². The summed E-state index contributed by atoms with van der Waals surface area (Å²) >= 11 is 0.569. The Hall–Kier alpha value is 0.414. The van der Waals surface area contributed by atoms with Gasteiger partial charge in [-0.25, -0.2) is 0 Å². The van der Waals surface area contributed by atoms with E-state index in [2.05, 4.69) is 67.8 Å². The molecule has 2 saturated carbocycles. The summed E-state index contributed by atoms with van der Waals surface area (Å²) in [4.78, 5) is 10.3. The summed E-state index contributed by atoms with van der Waals surface area (Å²) in [5.41, 5.74) is 0. The van der Waals surface area contributed by atoms with Gasteiger partial charge in [0.05, 0.1) is 12.1 Å². The average Bonchev–Trinajstić information content (AvgIpc) is 2.71. The Kier molecular flexibility index (Phi) is 14.6. The number of aliphatic imine (C=N–C) groups is 2. The van der Waals surface area contributed by atoms with E-state index in [4.69, 9.17) is 30.4 Å². The number of halogens is 2. The number of hydrogen-bond acceptors (Lipinski definition) is 2. The summed E-state index contributed by atoms with van der Waals surface area (Å²) in [5.74, 6) is 5.78. The van der Waals surface area contributed by atoms with Crippen LogP contribution in [0.2, 0.25) is 0 Å². The fraction of sp³-hybridized carbons (Fsp3) is 0.923. The van der Waals surface area contributed by atoms with Gasteiger partial charge in [0.15, 0.2) is 0 Å². The molecule has 0 aromatic carbocycles. The predicted molar refractivity (Wildman–Crippen MR) is 137 cm³/mol. The zero-order chi connectivity index (χ0) is 23.6. The molecule has 4 unspecified atom stereocenters. The summed E-state index contributed by atoms with van der Waals surface area (Å²) in [6.45, 7) is 19.1. The van der Waals surface area contributed by atoms with Gasteiger partial charge in [0.2, 0.25) is 0 Å². The molecule has 0 aromatic rings. The molecule has 2 nitrogen and oxygen atoms in total. The molecule has 2 fully saturated rings. The maximum atomic E-state index is 5.14. The first-order chi connectivity index (χ1) is 14.6. The minimum absolute atomic E-state index is 0.480. The molecule has 2 aliphatic carbocycles. The van der Waals surface area contributed by atoms with E-state index in [0.29, 0.717) is 24.7 Å². The molecule has 4 atom stereocenters. The fourth-order valence-corrected chi connectivity index (χ4v) is 6.13. The predicted octanol–water partition coefficient (Wildman–Crippen LogP) is 8.70. The average molecular weight is 518 g/mol. The molecule has 0 aromatic heterocycles. The van der Waals surface area contributed by atoms with Crippen LogP contribution in [0, 0.1) is 47.3 Å². The molecule has 2 rings (SSSR count). The van der Waals surface area contributed by atoms with Crippen molar-refractivity contribution in [2.75, 3.05) is 0 Å². The normalized spacial score (nSPS) is 32.6. The van der Waals surface area contributed by atoms with Gasteiger partial charge >= 0.3 is 33.0 Å². The van der Waals surface area contributed by atoms with E-state index in [-0.39, 0.29) is 0 Å². The van der Waals surface area contributed by atoms with Gasteiger partial charge in [0.25, 0.3) is 0 Å². The van der Waals surface area contributed by atoms with Crippen LogP contribution in [0.4, 0.5) is 0 Å². The second-order valence-electron chi connectivity index (χ2n) is 11.1. The summed E-state index contributed by atoms with van der Waals surface area (Å²) in [6, 6.07) is 0.960. The Morgan fingerprint density at radius 1 is 0.581 bits per heavy atom. The van der Waals surface area contributed by atoms with E-state index < -0.39 is 0 Å². The molecule has 0 N–H and O–H groups in total. The van der Waals surface area contributed by atoms with Crippen LogP contribution in [-0.2, 0) is 12.7 Å². The number of nitrogens with zero attached hydrogens (tertiary/aromatic N) is 2. The topological polar surface area (TPSA) is 24.7 Å². The van der Waals surface area contributed by atoms with E-state index >= 15 is 0 Å². The van der Waals surface area contributed by atoms with Crippen molar-refractivity contribution < 1.29 is 12.7 Å². The number of rotatable bonds is 7. The van der Waals surface area contributed by atoms with Crippen molar-refractivity contribution in [3.05, 3.63) is 0 Å². The van der Waals surface area contributed by atoms with Crippen LogP contribution in [0.15, 0.2) is 9.98 Å². The molecule has 0 bridgehead atoms. The van der Waals surface area contributed by atoms with Crippen molar-refractivity contribution in [1.82, 2.24) is 0 Å². The van der Waals surface area contributed by atoms with Crippen molar-refractivity contribution in [1.29, 1.82) is 0 Å². The van der Waals surface area contributed by atoms with Gasteiger partial charge in [-0.1, -0.05) is 68.2 Å². The molecule has 0 amide bonds. The Bertz CT molecular complexity index is 456. The summed E-state index contributed by atoms with van der Waals surface area (Å²) in [6.07, 6.45) is 12.3. The molecule has 0 saturated heterocycles. The van der Waals surface area contributed by atoms with Crippen LogP contribution in [0.5, 0.6) is 0 Å². The SMILES string of the molecule is CC(C)C1CCCC(C(C)C)C1N=CC=NC1C(C(C)C)CCCC1C(C)C.[Cl][Ni][Cl]. The molecule has 186 valence electrons. The molecule has 31 heavy (non-hydrogen) atoms. The van der Waals surface area contributed by atoms with Crippen molar-refractivity contribution in [2.45, 2.75) is 106 Å². The summed E-state index contributed by atoms with van der Waals surface area (Å²) in [5, 5.41) is 0. The minimum atomic E-state index is 0.480. The van der Waals surface area contributed by atoms with Crippen LogP contribution in [-0.4, -0.2) is 24.5 Å². The second-order valence-corrected chi connectivity index (χ2v) is 12.7. The summed E-state index contributed by atoms with van der Waals surface area (Å²) < 4.78 is 0. The molecular formula is C26H48Cl2N2Ni.